The van der Waals surface area contributed by atoms with Crippen LogP contribution in [0.15, 0.2) is 24.3 Å². The minimum absolute atomic E-state index is 0. The van der Waals surface area contributed by atoms with E-state index in [1.165, 1.54) is 0 Å². The molecule has 0 unspecified atom stereocenters. The van der Waals surface area contributed by atoms with E-state index in [0.29, 0.717) is 6.54 Å². The van der Waals surface area contributed by atoms with E-state index in [1.807, 2.05) is 24.3 Å². The normalized spacial score (nSPS) is 18.5. The second-order valence-corrected chi connectivity index (χ2v) is 3.40. The van der Waals surface area contributed by atoms with Crippen LogP contribution >= 0.6 is 24.8 Å². The Morgan fingerprint density at radius 1 is 1.38 bits per heavy atom. The Labute approximate surface area is 107 Å². The van der Waals surface area contributed by atoms with E-state index in [4.69, 9.17) is 5.73 Å². The fourth-order valence-electron chi connectivity index (χ4n) is 1.59. The number of para-hydroxylation sites is 2. The molecule has 4 nitrogen and oxygen atoms in total. The standard InChI is InChI=1S/C10H13N3O.2ClH/c1-13-9-5-3-2-4-8(9)12-6-7(11)10(13)14;;/h2-5,7,12H,6,11H2,1H3;2*1H/t7-;;/m0../s1. The molecule has 0 bridgehead atoms. The van der Waals surface area contributed by atoms with Crippen molar-refractivity contribution in [1.82, 2.24) is 0 Å². The van der Waals surface area contributed by atoms with Crippen LogP contribution in [0.5, 0.6) is 0 Å². The quantitative estimate of drug-likeness (QED) is 0.741. The lowest BCUT2D eigenvalue weighted by molar-refractivity contribution is -0.119. The monoisotopic (exact) mass is 263 g/mol. The van der Waals surface area contributed by atoms with E-state index in [-0.39, 0.29) is 30.7 Å². The number of carbonyl (C=O) groups excluding carboxylic acids is 1. The molecule has 1 atom stereocenters. The number of hydrogen-bond acceptors (Lipinski definition) is 3. The van der Waals surface area contributed by atoms with Gasteiger partial charge in [-0.05, 0) is 12.1 Å². The largest absolute Gasteiger partial charge is 0.381 e. The topological polar surface area (TPSA) is 58.4 Å². The van der Waals surface area contributed by atoms with Crippen LogP contribution in [0.4, 0.5) is 11.4 Å². The molecule has 1 heterocycles. The van der Waals surface area contributed by atoms with Crippen LogP contribution in [0, 0.1) is 0 Å². The van der Waals surface area contributed by atoms with Crippen molar-refractivity contribution in [2.45, 2.75) is 6.04 Å². The van der Waals surface area contributed by atoms with E-state index < -0.39 is 6.04 Å². The smallest absolute Gasteiger partial charge is 0.245 e. The first-order chi connectivity index (χ1) is 6.70. The molecule has 1 aromatic carbocycles. The van der Waals surface area contributed by atoms with Crippen LogP contribution < -0.4 is 16.0 Å². The van der Waals surface area contributed by atoms with Gasteiger partial charge in [0.2, 0.25) is 5.91 Å². The summed E-state index contributed by atoms with van der Waals surface area (Å²) in [7, 11) is 1.74. The van der Waals surface area contributed by atoms with Crippen molar-refractivity contribution < 1.29 is 4.79 Å². The van der Waals surface area contributed by atoms with Crippen molar-refractivity contribution in [1.29, 1.82) is 0 Å². The number of halogens is 2. The second-order valence-electron chi connectivity index (χ2n) is 3.40. The van der Waals surface area contributed by atoms with Gasteiger partial charge in [-0.2, -0.15) is 0 Å². The van der Waals surface area contributed by atoms with E-state index in [0.717, 1.165) is 11.4 Å². The summed E-state index contributed by atoms with van der Waals surface area (Å²) in [6.07, 6.45) is 0. The van der Waals surface area contributed by atoms with Crippen molar-refractivity contribution in [2.75, 3.05) is 23.8 Å². The van der Waals surface area contributed by atoms with E-state index in [9.17, 15) is 4.79 Å². The molecular weight excluding hydrogens is 249 g/mol. The number of likely N-dealkylation sites (N-methyl/N-ethyl adjacent to an activating group) is 1. The van der Waals surface area contributed by atoms with Crippen LogP contribution in [0.3, 0.4) is 0 Å². The van der Waals surface area contributed by atoms with Gasteiger partial charge in [0.05, 0.1) is 11.4 Å². The maximum Gasteiger partial charge on any atom is 0.245 e. The molecule has 0 aromatic heterocycles. The molecule has 0 aliphatic carbocycles. The maximum absolute atomic E-state index is 11.7. The Hall–Kier alpha value is -0.970. The van der Waals surface area contributed by atoms with Crippen LogP contribution in [-0.2, 0) is 4.79 Å². The Morgan fingerprint density at radius 3 is 2.69 bits per heavy atom. The van der Waals surface area contributed by atoms with Crippen LogP contribution in [-0.4, -0.2) is 25.5 Å². The molecule has 0 saturated carbocycles. The van der Waals surface area contributed by atoms with Gasteiger partial charge in [-0.25, -0.2) is 0 Å². The molecule has 1 amide bonds. The molecule has 1 aliphatic heterocycles. The third-order valence-corrected chi connectivity index (χ3v) is 2.43. The average Bonchev–Trinajstić information content (AvgIpc) is 2.32. The SMILES string of the molecule is CN1C(=O)[C@@H](N)CNc2ccccc21.Cl.Cl. The van der Waals surface area contributed by atoms with Crippen molar-refractivity contribution in [3.63, 3.8) is 0 Å². The van der Waals surface area contributed by atoms with Gasteiger partial charge in [0, 0.05) is 13.6 Å². The Bertz CT molecular complexity index is 373. The number of nitrogens with one attached hydrogen (secondary N) is 1. The Kier molecular flexibility index (Phi) is 5.58. The minimum atomic E-state index is -0.465. The Morgan fingerprint density at radius 2 is 2.00 bits per heavy atom. The number of nitrogens with zero attached hydrogens (tertiary/aromatic N) is 1. The molecule has 2 rings (SSSR count). The predicted octanol–water partition coefficient (Wildman–Crippen LogP) is 1.25. The molecule has 16 heavy (non-hydrogen) atoms. The molecule has 1 aromatic rings. The first-order valence-corrected chi connectivity index (χ1v) is 4.56. The molecule has 6 heteroatoms. The van der Waals surface area contributed by atoms with Gasteiger partial charge in [0.15, 0.2) is 0 Å². The predicted molar refractivity (Wildman–Crippen MR) is 70.8 cm³/mol. The fraction of sp³-hybridized carbons (Fsp3) is 0.300. The molecule has 90 valence electrons. The van der Waals surface area contributed by atoms with Crippen molar-refractivity contribution in [2.24, 2.45) is 5.73 Å². The molecular formula is C10H15Cl2N3O. The summed E-state index contributed by atoms with van der Waals surface area (Å²) >= 11 is 0. The maximum atomic E-state index is 11.7. The zero-order chi connectivity index (χ0) is 10.1. The number of fused-ring (bicyclic) bond motifs is 1. The number of carbonyl (C=O) groups is 1. The molecule has 1 aliphatic rings. The third kappa shape index (κ3) is 2.58. The van der Waals surface area contributed by atoms with E-state index in [2.05, 4.69) is 5.32 Å². The summed E-state index contributed by atoms with van der Waals surface area (Å²) in [5, 5.41) is 3.15. The van der Waals surface area contributed by atoms with Crippen molar-refractivity contribution >= 4 is 42.1 Å². The van der Waals surface area contributed by atoms with Gasteiger partial charge in [-0.3, -0.25) is 4.79 Å². The van der Waals surface area contributed by atoms with Gasteiger partial charge in [0.25, 0.3) is 0 Å². The summed E-state index contributed by atoms with van der Waals surface area (Å²) < 4.78 is 0. The second kappa shape index (κ2) is 5.94. The number of hydrogen-bond donors (Lipinski definition) is 2. The van der Waals surface area contributed by atoms with Gasteiger partial charge in [-0.1, -0.05) is 12.1 Å². The molecule has 0 saturated heterocycles. The first kappa shape index (κ1) is 15.0. The van der Waals surface area contributed by atoms with Gasteiger partial charge < -0.3 is 16.0 Å². The zero-order valence-electron chi connectivity index (χ0n) is 8.84. The summed E-state index contributed by atoms with van der Waals surface area (Å²) in [6, 6.07) is 7.21. The molecule has 0 spiro atoms. The minimum Gasteiger partial charge on any atom is -0.381 e. The summed E-state index contributed by atoms with van der Waals surface area (Å²) in [5.41, 5.74) is 7.53. The first-order valence-electron chi connectivity index (χ1n) is 4.56. The van der Waals surface area contributed by atoms with Gasteiger partial charge >= 0.3 is 0 Å². The highest BCUT2D eigenvalue weighted by molar-refractivity contribution is 6.01. The number of benzene rings is 1. The van der Waals surface area contributed by atoms with E-state index in [1.54, 1.807) is 11.9 Å². The molecule has 0 fully saturated rings. The number of anilines is 2. The summed E-state index contributed by atoms with van der Waals surface area (Å²) in [4.78, 5) is 13.3. The number of nitrogens with two attached hydrogens (primary N) is 1. The highest BCUT2D eigenvalue weighted by Crippen LogP contribution is 2.26. The Balaban J connectivity index is 0.00000112. The summed E-state index contributed by atoms with van der Waals surface area (Å²) in [5.74, 6) is -0.0533. The number of rotatable bonds is 0. The van der Waals surface area contributed by atoms with Gasteiger partial charge in [0.1, 0.15) is 6.04 Å². The van der Waals surface area contributed by atoms with E-state index >= 15 is 0 Å². The zero-order valence-corrected chi connectivity index (χ0v) is 10.5. The summed E-state index contributed by atoms with van der Waals surface area (Å²) in [6.45, 7) is 0.486. The average molecular weight is 264 g/mol. The van der Waals surface area contributed by atoms with Crippen LogP contribution in [0.2, 0.25) is 0 Å². The van der Waals surface area contributed by atoms with Crippen molar-refractivity contribution in [3.8, 4) is 0 Å². The van der Waals surface area contributed by atoms with Gasteiger partial charge in [-0.15, -0.1) is 24.8 Å². The lowest BCUT2D eigenvalue weighted by Gasteiger charge is -2.18. The highest BCUT2D eigenvalue weighted by Gasteiger charge is 2.24. The number of amides is 1. The highest BCUT2D eigenvalue weighted by atomic mass is 35.5. The molecule has 3 N–H and O–H groups in total. The lowest BCUT2D eigenvalue weighted by atomic mass is 10.2. The third-order valence-electron chi connectivity index (χ3n) is 2.43. The van der Waals surface area contributed by atoms with Crippen LogP contribution in [0.1, 0.15) is 0 Å². The lowest BCUT2D eigenvalue weighted by Crippen LogP contribution is -2.43. The van der Waals surface area contributed by atoms with Crippen LogP contribution in [0.25, 0.3) is 0 Å². The molecule has 0 radical (unpaired) electrons. The van der Waals surface area contributed by atoms with Crippen molar-refractivity contribution in [3.05, 3.63) is 24.3 Å². The fourth-order valence-corrected chi connectivity index (χ4v) is 1.59.